The Bertz CT molecular complexity index is 652. The summed E-state index contributed by atoms with van der Waals surface area (Å²) in [5, 5.41) is 13.1. The van der Waals surface area contributed by atoms with E-state index in [1.807, 2.05) is 19.1 Å². The fourth-order valence-corrected chi connectivity index (χ4v) is 2.38. The van der Waals surface area contributed by atoms with Crippen molar-refractivity contribution in [2.45, 2.75) is 32.4 Å². The second kappa shape index (κ2) is 7.79. The second-order valence-electron chi connectivity index (χ2n) is 5.50. The molecule has 0 heterocycles. The third-order valence-corrected chi connectivity index (χ3v) is 3.90. The van der Waals surface area contributed by atoms with Crippen molar-refractivity contribution in [1.82, 2.24) is 5.32 Å². The predicted octanol–water partition coefficient (Wildman–Crippen LogP) is 3.17. The van der Waals surface area contributed by atoms with Crippen LogP contribution in [0.15, 0.2) is 48.5 Å². The Morgan fingerprint density at radius 3 is 2.48 bits per heavy atom. The van der Waals surface area contributed by atoms with Crippen LogP contribution in [0.25, 0.3) is 0 Å². The third kappa shape index (κ3) is 4.33. The van der Waals surface area contributed by atoms with Gasteiger partial charge in [0.2, 0.25) is 0 Å². The van der Waals surface area contributed by atoms with Crippen molar-refractivity contribution in [3.8, 4) is 5.75 Å². The SMILES string of the molecule is CCc1ccc(C(C)NC(=O)C(O)c2cccc(OC)c2)cc1. The first kappa shape index (κ1) is 17.0. The predicted molar refractivity (Wildman–Crippen MR) is 90.3 cm³/mol. The molecule has 1 amide bonds. The van der Waals surface area contributed by atoms with Gasteiger partial charge in [0.15, 0.2) is 6.10 Å². The number of methoxy groups -OCH3 is 1. The summed E-state index contributed by atoms with van der Waals surface area (Å²) in [7, 11) is 1.55. The second-order valence-corrected chi connectivity index (χ2v) is 5.50. The van der Waals surface area contributed by atoms with E-state index in [1.54, 1.807) is 31.4 Å². The van der Waals surface area contributed by atoms with Crippen LogP contribution in [0.2, 0.25) is 0 Å². The number of carbonyl (C=O) groups excluding carboxylic acids is 1. The number of aliphatic hydroxyl groups is 1. The van der Waals surface area contributed by atoms with E-state index >= 15 is 0 Å². The summed E-state index contributed by atoms with van der Waals surface area (Å²) < 4.78 is 5.11. The van der Waals surface area contributed by atoms with Gasteiger partial charge in [0, 0.05) is 0 Å². The average molecular weight is 313 g/mol. The molecule has 2 unspecified atom stereocenters. The molecule has 2 N–H and O–H groups in total. The lowest BCUT2D eigenvalue weighted by atomic mass is 10.0. The lowest BCUT2D eigenvalue weighted by Crippen LogP contribution is -2.31. The molecule has 23 heavy (non-hydrogen) atoms. The Labute approximate surface area is 137 Å². The van der Waals surface area contributed by atoms with Crippen LogP contribution in [0.3, 0.4) is 0 Å². The van der Waals surface area contributed by atoms with E-state index in [0.717, 1.165) is 12.0 Å². The monoisotopic (exact) mass is 313 g/mol. The Kier molecular flexibility index (Phi) is 5.77. The summed E-state index contributed by atoms with van der Waals surface area (Å²) in [5.41, 5.74) is 2.77. The minimum atomic E-state index is -1.22. The number of hydrogen-bond donors (Lipinski definition) is 2. The van der Waals surface area contributed by atoms with Crippen LogP contribution in [0.1, 0.15) is 42.7 Å². The van der Waals surface area contributed by atoms with Crippen LogP contribution < -0.4 is 10.1 Å². The van der Waals surface area contributed by atoms with E-state index < -0.39 is 12.0 Å². The van der Waals surface area contributed by atoms with Gasteiger partial charge in [-0.05, 0) is 42.2 Å². The van der Waals surface area contributed by atoms with Gasteiger partial charge in [0.1, 0.15) is 5.75 Å². The standard InChI is InChI=1S/C19H23NO3/c1-4-14-8-10-15(11-9-14)13(2)20-19(22)18(21)16-6-5-7-17(12-16)23-3/h5-13,18,21H,4H2,1-3H3,(H,20,22). The van der Waals surface area contributed by atoms with Crippen molar-refractivity contribution in [3.63, 3.8) is 0 Å². The largest absolute Gasteiger partial charge is 0.497 e. The lowest BCUT2D eigenvalue weighted by molar-refractivity contribution is -0.130. The van der Waals surface area contributed by atoms with Gasteiger partial charge >= 0.3 is 0 Å². The zero-order valence-electron chi connectivity index (χ0n) is 13.7. The fraction of sp³-hybridized carbons (Fsp3) is 0.316. The smallest absolute Gasteiger partial charge is 0.253 e. The van der Waals surface area contributed by atoms with Crippen molar-refractivity contribution in [2.24, 2.45) is 0 Å². The number of rotatable bonds is 6. The van der Waals surface area contributed by atoms with E-state index in [9.17, 15) is 9.90 Å². The number of hydrogen-bond acceptors (Lipinski definition) is 3. The minimum absolute atomic E-state index is 0.173. The highest BCUT2D eigenvalue weighted by Crippen LogP contribution is 2.21. The topological polar surface area (TPSA) is 58.6 Å². The van der Waals surface area contributed by atoms with E-state index in [4.69, 9.17) is 4.74 Å². The average Bonchev–Trinajstić information content (AvgIpc) is 2.61. The Hall–Kier alpha value is -2.33. The van der Waals surface area contributed by atoms with Crippen LogP contribution in [0.5, 0.6) is 5.75 Å². The van der Waals surface area contributed by atoms with Gasteiger partial charge in [-0.2, -0.15) is 0 Å². The zero-order valence-corrected chi connectivity index (χ0v) is 13.7. The molecular weight excluding hydrogens is 290 g/mol. The molecule has 0 spiro atoms. The zero-order chi connectivity index (χ0) is 16.8. The number of benzene rings is 2. The van der Waals surface area contributed by atoms with Crippen LogP contribution in [0.4, 0.5) is 0 Å². The van der Waals surface area contributed by atoms with E-state index in [1.165, 1.54) is 5.56 Å². The van der Waals surface area contributed by atoms with Gasteiger partial charge in [-0.3, -0.25) is 4.79 Å². The van der Waals surface area contributed by atoms with Gasteiger partial charge in [-0.25, -0.2) is 0 Å². The number of ether oxygens (including phenoxy) is 1. The van der Waals surface area contributed by atoms with Crippen LogP contribution in [0, 0.1) is 0 Å². The molecule has 0 bridgehead atoms. The maximum absolute atomic E-state index is 12.2. The van der Waals surface area contributed by atoms with Crippen molar-refractivity contribution in [1.29, 1.82) is 0 Å². The maximum Gasteiger partial charge on any atom is 0.253 e. The molecule has 0 fully saturated rings. The molecule has 0 radical (unpaired) electrons. The number of aryl methyl sites for hydroxylation is 1. The summed E-state index contributed by atoms with van der Waals surface area (Å²) in [5.74, 6) is 0.183. The number of aliphatic hydroxyl groups excluding tert-OH is 1. The van der Waals surface area contributed by atoms with E-state index in [0.29, 0.717) is 11.3 Å². The molecule has 2 atom stereocenters. The highest BCUT2D eigenvalue weighted by Gasteiger charge is 2.20. The van der Waals surface area contributed by atoms with Gasteiger partial charge in [0.25, 0.3) is 5.91 Å². The summed E-state index contributed by atoms with van der Waals surface area (Å²) in [6.45, 7) is 4.00. The molecule has 2 aromatic carbocycles. The summed E-state index contributed by atoms with van der Waals surface area (Å²) in [6.07, 6.45) is -0.238. The highest BCUT2D eigenvalue weighted by molar-refractivity contribution is 5.82. The van der Waals surface area contributed by atoms with Crippen LogP contribution in [-0.2, 0) is 11.2 Å². The first-order valence-electron chi connectivity index (χ1n) is 7.76. The Balaban J connectivity index is 2.04. The molecule has 4 nitrogen and oxygen atoms in total. The first-order chi connectivity index (χ1) is 11.0. The summed E-state index contributed by atoms with van der Waals surface area (Å²) in [4.78, 5) is 12.2. The summed E-state index contributed by atoms with van der Waals surface area (Å²) in [6, 6.07) is 14.8. The molecule has 2 aromatic rings. The summed E-state index contributed by atoms with van der Waals surface area (Å²) >= 11 is 0. The Morgan fingerprint density at radius 1 is 1.17 bits per heavy atom. The third-order valence-electron chi connectivity index (χ3n) is 3.90. The lowest BCUT2D eigenvalue weighted by Gasteiger charge is -2.18. The molecule has 0 aliphatic carbocycles. The van der Waals surface area contributed by atoms with Gasteiger partial charge in [-0.1, -0.05) is 43.3 Å². The normalized spacial score (nSPS) is 13.2. The van der Waals surface area contributed by atoms with Gasteiger partial charge in [-0.15, -0.1) is 0 Å². The maximum atomic E-state index is 12.2. The molecule has 122 valence electrons. The van der Waals surface area contributed by atoms with Crippen molar-refractivity contribution >= 4 is 5.91 Å². The molecule has 0 aromatic heterocycles. The molecule has 4 heteroatoms. The molecular formula is C19H23NO3. The van der Waals surface area contributed by atoms with E-state index in [2.05, 4.69) is 24.4 Å². The molecule has 0 aliphatic heterocycles. The fourth-order valence-electron chi connectivity index (χ4n) is 2.38. The quantitative estimate of drug-likeness (QED) is 0.861. The van der Waals surface area contributed by atoms with Gasteiger partial charge in [0.05, 0.1) is 13.2 Å². The number of nitrogens with one attached hydrogen (secondary N) is 1. The van der Waals surface area contributed by atoms with E-state index in [-0.39, 0.29) is 6.04 Å². The molecule has 0 saturated heterocycles. The van der Waals surface area contributed by atoms with Crippen LogP contribution in [-0.4, -0.2) is 18.1 Å². The molecule has 0 saturated carbocycles. The van der Waals surface area contributed by atoms with Crippen molar-refractivity contribution in [3.05, 3.63) is 65.2 Å². The van der Waals surface area contributed by atoms with Gasteiger partial charge < -0.3 is 15.2 Å². The highest BCUT2D eigenvalue weighted by atomic mass is 16.5. The van der Waals surface area contributed by atoms with Crippen molar-refractivity contribution in [2.75, 3.05) is 7.11 Å². The minimum Gasteiger partial charge on any atom is -0.497 e. The number of amides is 1. The Morgan fingerprint density at radius 2 is 1.87 bits per heavy atom. The van der Waals surface area contributed by atoms with Crippen LogP contribution >= 0.6 is 0 Å². The first-order valence-corrected chi connectivity index (χ1v) is 7.76. The molecule has 0 aliphatic rings. The number of carbonyl (C=O) groups is 1. The molecule has 2 rings (SSSR count). The van der Waals surface area contributed by atoms with Crippen molar-refractivity contribution < 1.29 is 14.6 Å².